The molecule has 5 N–H and O–H groups in total. The first kappa shape index (κ1) is 27.3. The highest BCUT2D eigenvalue weighted by Crippen LogP contribution is 2.72. The number of rotatable bonds is 5. The summed E-state index contributed by atoms with van der Waals surface area (Å²) < 4.78 is 12.5. The molecular weight excluding hydrogens is 492 g/mol. The molecule has 1 saturated carbocycles. The maximum atomic E-state index is 14.3. The van der Waals surface area contributed by atoms with Crippen molar-refractivity contribution < 1.29 is 44.6 Å². The molecule has 0 aromatic heterocycles. The molecule has 9 nitrogen and oxygen atoms in total. The number of fused-ring (bicyclic) bond motifs is 1. The first-order chi connectivity index (χ1) is 17.5. The Balaban J connectivity index is 1.84. The molecule has 2 aliphatic heterocycles. The van der Waals surface area contributed by atoms with Gasteiger partial charge in [0.2, 0.25) is 0 Å². The van der Waals surface area contributed by atoms with Crippen LogP contribution < -0.4 is 0 Å². The maximum absolute atomic E-state index is 14.3. The van der Waals surface area contributed by atoms with E-state index in [1.54, 1.807) is 13.8 Å². The molecule has 9 heteroatoms. The fraction of sp³-hybridized carbons (Fsp3) is 0.655. The van der Waals surface area contributed by atoms with Crippen LogP contribution >= 0.6 is 0 Å². The van der Waals surface area contributed by atoms with Crippen LogP contribution in [0.15, 0.2) is 48.5 Å². The highest BCUT2D eigenvalue weighted by Gasteiger charge is 2.79. The van der Waals surface area contributed by atoms with Gasteiger partial charge in [0.05, 0.1) is 29.1 Å². The van der Waals surface area contributed by atoms with E-state index in [0.717, 1.165) is 6.08 Å². The summed E-state index contributed by atoms with van der Waals surface area (Å²) in [6.45, 7) is 13.8. The second-order valence-electron chi connectivity index (χ2n) is 12.8. The van der Waals surface area contributed by atoms with Gasteiger partial charge in [-0.1, -0.05) is 12.2 Å². The van der Waals surface area contributed by atoms with E-state index in [0.29, 0.717) is 5.57 Å². The molecule has 0 radical (unpaired) electrons. The maximum Gasteiger partial charge on any atom is 0.191 e. The second kappa shape index (κ2) is 8.11. The van der Waals surface area contributed by atoms with Crippen LogP contribution in [-0.4, -0.2) is 77.8 Å². The fourth-order valence-electron chi connectivity index (χ4n) is 7.93. The summed E-state index contributed by atoms with van der Waals surface area (Å²) in [6.07, 6.45) is 0.228. The molecule has 6 aliphatic rings. The number of aliphatic hydroxyl groups excluding tert-OH is 2. The van der Waals surface area contributed by atoms with Gasteiger partial charge in [0, 0.05) is 37.2 Å². The lowest BCUT2D eigenvalue weighted by molar-refractivity contribution is -0.253. The zero-order chi connectivity index (χ0) is 28.2. The normalized spacial score (nSPS) is 45.2. The van der Waals surface area contributed by atoms with Crippen molar-refractivity contribution >= 4 is 11.6 Å². The number of allylic oxidation sites excluding steroid dienone is 2. The van der Waals surface area contributed by atoms with Gasteiger partial charge in [0.25, 0.3) is 0 Å². The van der Waals surface area contributed by atoms with Crippen molar-refractivity contribution in [1.29, 1.82) is 0 Å². The average Bonchev–Trinajstić information content (AvgIpc) is 2.78. The molecule has 4 aliphatic carbocycles. The van der Waals surface area contributed by atoms with Crippen LogP contribution in [0.25, 0.3) is 0 Å². The van der Waals surface area contributed by atoms with Crippen molar-refractivity contribution in [1.82, 2.24) is 0 Å². The SMILES string of the molecule is C=CCC1(O)C(=O)C2C3=C(CC(O)C(C)(C)O3)C1C1C(O)(CC=C)C(=O)C=C3OC(C(C)(C)O)C(O)CC321. The van der Waals surface area contributed by atoms with Crippen LogP contribution in [0.3, 0.4) is 0 Å². The summed E-state index contributed by atoms with van der Waals surface area (Å²) in [5.74, 6) is -4.41. The molecule has 208 valence electrons. The van der Waals surface area contributed by atoms with Crippen LogP contribution in [0.4, 0.5) is 0 Å². The van der Waals surface area contributed by atoms with Crippen LogP contribution in [0.1, 0.15) is 53.4 Å². The third-order valence-electron chi connectivity index (χ3n) is 9.57. The molecule has 9 unspecified atom stereocenters. The van der Waals surface area contributed by atoms with Gasteiger partial charge >= 0.3 is 0 Å². The Morgan fingerprint density at radius 1 is 1.11 bits per heavy atom. The van der Waals surface area contributed by atoms with E-state index in [9.17, 15) is 35.1 Å². The minimum Gasteiger partial charge on any atom is -0.489 e. The Morgan fingerprint density at radius 3 is 2.29 bits per heavy atom. The number of hydrogen-bond donors (Lipinski definition) is 5. The van der Waals surface area contributed by atoms with Crippen molar-refractivity contribution in [2.24, 2.45) is 23.2 Å². The zero-order valence-electron chi connectivity index (χ0n) is 22.3. The number of aliphatic hydroxyl groups is 5. The molecular formula is C29H38O9. The molecule has 0 amide bonds. The number of Topliss-reactive ketones (excluding diaryl/α,β-unsaturated/α-hetero) is 1. The Morgan fingerprint density at radius 2 is 1.71 bits per heavy atom. The molecule has 1 saturated heterocycles. The molecule has 0 aromatic carbocycles. The molecule has 2 bridgehead atoms. The van der Waals surface area contributed by atoms with Gasteiger partial charge in [-0.3, -0.25) is 9.59 Å². The van der Waals surface area contributed by atoms with Crippen molar-refractivity contribution in [2.45, 2.75) is 94.1 Å². The lowest BCUT2D eigenvalue weighted by Crippen LogP contribution is -2.77. The van der Waals surface area contributed by atoms with E-state index >= 15 is 0 Å². The van der Waals surface area contributed by atoms with Gasteiger partial charge in [-0.2, -0.15) is 0 Å². The minimum atomic E-state index is -2.09. The number of carbonyl (C=O) groups is 2. The van der Waals surface area contributed by atoms with Crippen molar-refractivity contribution in [2.75, 3.05) is 0 Å². The van der Waals surface area contributed by atoms with E-state index in [2.05, 4.69) is 13.2 Å². The average molecular weight is 531 g/mol. The predicted molar refractivity (Wildman–Crippen MR) is 135 cm³/mol. The topological polar surface area (TPSA) is 154 Å². The van der Waals surface area contributed by atoms with Gasteiger partial charge in [-0.05, 0) is 39.7 Å². The molecule has 2 fully saturated rings. The van der Waals surface area contributed by atoms with Gasteiger partial charge in [0.1, 0.15) is 28.3 Å². The van der Waals surface area contributed by atoms with Crippen LogP contribution in [0.2, 0.25) is 0 Å². The van der Waals surface area contributed by atoms with Crippen molar-refractivity contribution in [3.8, 4) is 0 Å². The van der Waals surface area contributed by atoms with E-state index in [1.807, 2.05) is 0 Å². The first-order valence-electron chi connectivity index (χ1n) is 13.1. The zero-order valence-corrected chi connectivity index (χ0v) is 22.3. The Bertz CT molecular complexity index is 1170. The highest BCUT2D eigenvalue weighted by molar-refractivity contribution is 6.03. The van der Waals surface area contributed by atoms with Crippen LogP contribution in [-0.2, 0) is 19.1 Å². The third kappa shape index (κ3) is 3.23. The summed E-state index contributed by atoms with van der Waals surface area (Å²) in [4.78, 5) is 28.0. The molecule has 1 spiro atoms. The monoisotopic (exact) mass is 530 g/mol. The van der Waals surface area contributed by atoms with Crippen molar-refractivity contribution in [3.05, 3.63) is 48.5 Å². The van der Waals surface area contributed by atoms with E-state index in [1.165, 1.54) is 26.0 Å². The molecule has 38 heavy (non-hydrogen) atoms. The first-order valence-corrected chi connectivity index (χ1v) is 13.1. The van der Waals surface area contributed by atoms with Crippen LogP contribution in [0.5, 0.6) is 0 Å². The number of carbonyl (C=O) groups excluding carboxylic acids is 2. The summed E-state index contributed by atoms with van der Waals surface area (Å²) in [5, 5.41) is 57.2. The standard InChI is InChI=1S/C29H38O9/c1-7-9-28(35)17(32)12-18-27(13-15(30)24(37-18)25(3,4)34)20-21-14(11-16(31)26(5,6)38-21)19(22(27)28)29(36,10-8-2)23(20)33/h7-8,12,15-16,19-20,22,24,30-31,34-36H,1-2,9-11,13H2,3-6H3. The number of ether oxygens (including phenoxy) is 2. The van der Waals surface area contributed by atoms with E-state index < -0.39 is 75.5 Å². The highest BCUT2D eigenvalue weighted by atomic mass is 16.5. The quantitative estimate of drug-likeness (QED) is 0.330. The number of ketones is 2. The summed E-state index contributed by atoms with van der Waals surface area (Å²) in [7, 11) is 0. The van der Waals surface area contributed by atoms with E-state index in [4.69, 9.17) is 9.47 Å². The van der Waals surface area contributed by atoms with Gasteiger partial charge in [0.15, 0.2) is 17.7 Å². The van der Waals surface area contributed by atoms with Gasteiger partial charge in [-0.25, -0.2) is 0 Å². The van der Waals surface area contributed by atoms with Crippen molar-refractivity contribution in [3.63, 3.8) is 0 Å². The number of hydrogen-bond acceptors (Lipinski definition) is 9. The second-order valence-corrected chi connectivity index (χ2v) is 12.8. The summed E-state index contributed by atoms with van der Waals surface area (Å²) in [5.41, 5.74) is -7.67. The summed E-state index contributed by atoms with van der Waals surface area (Å²) >= 11 is 0. The Hall–Kier alpha value is -2.30. The molecule has 0 aromatic rings. The third-order valence-corrected chi connectivity index (χ3v) is 9.57. The molecule has 6 rings (SSSR count). The summed E-state index contributed by atoms with van der Waals surface area (Å²) in [6, 6.07) is 0. The molecule has 2 heterocycles. The Labute approximate surface area is 222 Å². The fourth-order valence-corrected chi connectivity index (χ4v) is 7.93. The lowest BCUT2D eigenvalue weighted by Gasteiger charge is -2.69. The van der Waals surface area contributed by atoms with Gasteiger partial charge in [-0.15, -0.1) is 13.2 Å². The van der Waals surface area contributed by atoms with E-state index in [-0.39, 0.29) is 37.2 Å². The van der Waals surface area contributed by atoms with Crippen LogP contribution in [0, 0.1) is 23.2 Å². The largest absolute Gasteiger partial charge is 0.489 e. The Kier molecular flexibility index (Phi) is 5.82. The smallest absolute Gasteiger partial charge is 0.191 e. The minimum absolute atomic E-state index is 0.0654. The lowest BCUT2D eigenvalue weighted by atomic mass is 9.37. The van der Waals surface area contributed by atoms with Gasteiger partial charge < -0.3 is 35.0 Å². The predicted octanol–water partition coefficient (Wildman–Crippen LogP) is 1.23. The molecule has 9 atom stereocenters.